The van der Waals surface area contributed by atoms with Gasteiger partial charge in [0.25, 0.3) is 0 Å². The van der Waals surface area contributed by atoms with Crippen molar-refractivity contribution >= 4 is 21.9 Å². The van der Waals surface area contributed by atoms with Gasteiger partial charge in [-0.2, -0.15) is 9.40 Å². The summed E-state index contributed by atoms with van der Waals surface area (Å²) in [4.78, 5) is 12.3. The second-order valence-corrected chi connectivity index (χ2v) is 8.73. The molecule has 1 aromatic rings. The number of amides is 2. The Hall–Kier alpha value is -1.61. The summed E-state index contributed by atoms with van der Waals surface area (Å²) < 4.78 is 27.0. The maximum atomic E-state index is 12.3. The van der Waals surface area contributed by atoms with E-state index in [1.807, 2.05) is 20.9 Å². The van der Waals surface area contributed by atoms with Crippen LogP contribution >= 0.6 is 0 Å². The van der Waals surface area contributed by atoms with Gasteiger partial charge in [0.05, 0.1) is 11.9 Å². The molecule has 0 spiro atoms. The second kappa shape index (κ2) is 8.85. The molecule has 1 aromatic heterocycles. The zero-order valence-electron chi connectivity index (χ0n) is 16.2. The number of hydrogen-bond acceptors (Lipinski definition) is 4. The van der Waals surface area contributed by atoms with E-state index in [0.29, 0.717) is 19.5 Å². The highest BCUT2D eigenvalue weighted by Gasteiger charge is 2.29. The first kappa shape index (κ1) is 20.7. The van der Waals surface area contributed by atoms with Crippen molar-refractivity contribution in [1.29, 1.82) is 0 Å². The Morgan fingerprint density at radius 1 is 1.27 bits per heavy atom. The number of hydrogen-bond donors (Lipinski definition) is 2. The molecule has 9 heteroatoms. The lowest BCUT2D eigenvalue weighted by Crippen LogP contribution is -2.45. The Balaban J connectivity index is 1.90. The molecule has 1 aliphatic rings. The average Bonchev–Trinajstić information content (AvgIpc) is 2.89. The van der Waals surface area contributed by atoms with Gasteiger partial charge in [-0.1, -0.05) is 20.3 Å². The van der Waals surface area contributed by atoms with Crippen molar-refractivity contribution in [3.05, 3.63) is 11.3 Å². The van der Waals surface area contributed by atoms with Gasteiger partial charge in [-0.3, -0.25) is 10.00 Å². The summed E-state index contributed by atoms with van der Waals surface area (Å²) in [5.74, 6) is 0.720. The molecule has 0 bridgehead atoms. The lowest BCUT2D eigenvalue weighted by Gasteiger charge is -2.33. The molecule has 8 nitrogen and oxygen atoms in total. The van der Waals surface area contributed by atoms with Crippen LogP contribution in [-0.4, -0.2) is 53.9 Å². The Bertz CT molecular complexity index is 729. The van der Waals surface area contributed by atoms with Gasteiger partial charge >= 0.3 is 6.03 Å². The predicted octanol–water partition coefficient (Wildman–Crippen LogP) is 1.87. The van der Waals surface area contributed by atoms with Crippen LogP contribution in [0.4, 0.5) is 10.6 Å². The number of nitrogens with one attached hydrogen (secondary N) is 2. The molecule has 1 aliphatic heterocycles. The van der Waals surface area contributed by atoms with Gasteiger partial charge in [0, 0.05) is 31.7 Å². The third-order valence-corrected chi connectivity index (χ3v) is 6.24. The van der Waals surface area contributed by atoms with Crippen LogP contribution in [0.15, 0.2) is 0 Å². The van der Waals surface area contributed by atoms with Gasteiger partial charge < -0.3 is 5.32 Å². The molecule has 2 amide bonds. The summed E-state index contributed by atoms with van der Waals surface area (Å²) in [5, 5.41) is 10.2. The van der Waals surface area contributed by atoms with Gasteiger partial charge in [-0.25, -0.2) is 13.2 Å². The lowest BCUT2D eigenvalue weighted by atomic mass is 10.0. The normalized spacial score (nSPS) is 18.7. The van der Waals surface area contributed by atoms with Crippen molar-refractivity contribution in [3.8, 4) is 0 Å². The molecule has 0 saturated carbocycles. The van der Waals surface area contributed by atoms with Crippen LogP contribution < -0.4 is 10.6 Å². The zero-order valence-corrected chi connectivity index (χ0v) is 17.0. The van der Waals surface area contributed by atoms with E-state index in [1.165, 1.54) is 6.26 Å². The smallest absolute Gasteiger partial charge is 0.320 e. The minimum atomic E-state index is -3.20. The minimum Gasteiger partial charge on any atom is -0.338 e. The van der Waals surface area contributed by atoms with Crippen molar-refractivity contribution < 1.29 is 13.2 Å². The first-order valence-corrected chi connectivity index (χ1v) is 11.2. The molecule has 0 aliphatic carbocycles. The van der Waals surface area contributed by atoms with Crippen molar-refractivity contribution in [1.82, 2.24) is 19.4 Å². The minimum absolute atomic E-state index is 0.0337. The molecule has 0 radical (unpaired) electrons. The molecular formula is C17H31N5O3S. The molecular weight excluding hydrogens is 354 g/mol. The average molecular weight is 386 g/mol. The van der Waals surface area contributed by atoms with Crippen LogP contribution in [0.2, 0.25) is 0 Å². The van der Waals surface area contributed by atoms with Crippen molar-refractivity contribution in [2.45, 2.75) is 58.4 Å². The van der Waals surface area contributed by atoms with Crippen LogP contribution in [0.5, 0.6) is 0 Å². The van der Waals surface area contributed by atoms with Crippen LogP contribution in [-0.2, 0) is 29.9 Å². The highest BCUT2D eigenvalue weighted by Crippen LogP contribution is 2.22. The number of carbonyl (C=O) groups excluding carboxylic acids is 1. The van der Waals surface area contributed by atoms with E-state index >= 15 is 0 Å². The van der Waals surface area contributed by atoms with Gasteiger partial charge in [-0.15, -0.1) is 0 Å². The number of anilines is 1. The Labute approximate surface area is 156 Å². The van der Waals surface area contributed by atoms with Gasteiger partial charge in [0.2, 0.25) is 10.0 Å². The molecule has 2 rings (SSSR count). The van der Waals surface area contributed by atoms with Gasteiger partial charge in [0.1, 0.15) is 5.82 Å². The molecule has 148 valence electrons. The van der Waals surface area contributed by atoms with E-state index in [0.717, 1.165) is 49.2 Å². The quantitative estimate of drug-likeness (QED) is 0.749. The molecule has 1 saturated heterocycles. The Kier molecular flexibility index (Phi) is 7.05. The summed E-state index contributed by atoms with van der Waals surface area (Å²) >= 11 is 0. The van der Waals surface area contributed by atoms with Crippen LogP contribution in [0, 0.1) is 0 Å². The molecule has 0 unspecified atom stereocenters. The van der Waals surface area contributed by atoms with E-state index in [2.05, 4.69) is 15.7 Å². The topological polar surface area (TPSA) is 96.3 Å². The monoisotopic (exact) mass is 385 g/mol. The van der Waals surface area contributed by atoms with Crippen LogP contribution in [0.3, 0.4) is 0 Å². The first-order valence-electron chi connectivity index (χ1n) is 9.34. The highest BCUT2D eigenvalue weighted by atomic mass is 32.2. The Morgan fingerprint density at radius 2 is 2.00 bits per heavy atom. The zero-order chi connectivity index (χ0) is 19.3. The van der Waals surface area contributed by atoms with E-state index in [4.69, 9.17) is 0 Å². The fourth-order valence-corrected chi connectivity index (χ4v) is 4.85. The number of aromatic nitrogens is 2. The van der Waals surface area contributed by atoms with Gasteiger partial charge in [-0.05, 0) is 32.1 Å². The summed E-state index contributed by atoms with van der Waals surface area (Å²) in [6.07, 6.45) is 6.27. The summed E-state index contributed by atoms with van der Waals surface area (Å²) in [6, 6.07) is -0.319. The molecule has 1 atom stereocenters. The largest absolute Gasteiger partial charge is 0.338 e. The molecule has 0 aromatic carbocycles. The first-order chi connectivity index (χ1) is 12.3. The number of piperidine rings is 1. The second-order valence-electron chi connectivity index (χ2n) is 6.80. The number of sulfonamides is 1. The third-order valence-electron chi connectivity index (χ3n) is 4.91. The van der Waals surface area contributed by atoms with Crippen molar-refractivity contribution in [3.63, 3.8) is 0 Å². The van der Waals surface area contributed by atoms with E-state index in [-0.39, 0.29) is 12.1 Å². The molecule has 2 heterocycles. The number of carbonyl (C=O) groups is 1. The maximum absolute atomic E-state index is 12.3. The SMILES string of the molecule is CCc1nn(C)c(NC(=O)NCC[C@H]2CCCCN2S(C)(=O)=O)c1CC. The van der Waals surface area contributed by atoms with E-state index in [1.54, 1.807) is 8.99 Å². The maximum Gasteiger partial charge on any atom is 0.320 e. The number of urea groups is 1. The van der Waals surface area contributed by atoms with Crippen molar-refractivity contribution in [2.75, 3.05) is 24.7 Å². The summed E-state index contributed by atoms with van der Waals surface area (Å²) in [7, 11) is -1.38. The number of aryl methyl sites for hydroxylation is 2. The number of nitrogens with zero attached hydrogens (tertiary/aromatic N) is 3. The lowest BCUT2D eigenvalue weighted by molar-refractivity contribution is 0.235. The molecule has 1 fully saturated rings. The van der Waals surface area contributed by atoms with E-state index < -0.39 is 10.0 Å². The summed E-state index contributed by atoms with van der Waals surface area (Å²) in [5.41, 5.74) is 2.05. The molecule has 26 heavy (non-hydrogen) atoms. The van der Waals surface area contributed by atoms with Crippen LogP contribution in [0.25, 0.3) is 0 Å². The fourth-order valence-electron chi connectivity index (χ4n) is 3.64. The summed E-state index contributed by atoms with van der Waals surface area (Å²) in [6.45, 7) is 5.10. The molecule has 2 N–H and O–H groups in total. The highest BCUT2D eigenvalue weighted by molar-refractivity contribution is 7.88. The predicted molar refractivity (Wildman–Crippen MR) is 103 cm³/mol. The Morgan fingerprint density at radius 3 is 2.62 bits per heavy atom. The van der Waals surface area contributed by atoms with Crippen LogP contribution in [0.1, 0.15) is 50.8 Å². The third kappa shape index (κ3) is 4.97. The fraction of sp³-hybridized carbons (Fsp3) is 0.765. The van der Waals surface area contributed by atoms with Gasteiger partial charge in [0.15, 0.2) is 0 Å². The van der Waals surface area contributed by atoms with Crippen molar-refractivity contribution in [2.24, 2.45) is 7.05 Å². The van der Waals surface area contributed by atoms with E-state index in [9.17, 15) is 13.2 Å². The standard InChI is InChI=1S/C17H31N5O3S/c1-5-14-15(6-2)20-21(3)16(14)19-17(23)18-11-10-13-9-7-8-12-22(13)26(4,24)25/h13H,5-12H2,1-4H3,(H2,18,19,23)/t13-/m1/s1. The number of rotatable bonds is 7.